The fourth-order valence-corrected chi connectivity index (χ4v) is 8.96. The molecule has 0 aromatic carbocycles. The van der Waals surface area contributed by atoms with Crippen LogP contribution < -0.4 is 0 Å². The van der Waals surface area contributed by atoms with Gasteiger partial charge in [0.05, 0.1) is 16.7 Å². The smallest absolute Gasteiger partial charge is 0.312 e. The summed E-state index contributed by atoms with van der Waals surface area (Å²) in [4.78, 5) is 36.3. The van der Waals surface area contributed by atoms with Crippen LogP contribution in [-0.2, 0) is 28.6 Å². The van der Waals surface area contributed by atoms with E-state index in [1.54, 1.807) is 0 Å². The van der Waals surface area contributed by atoms with E-state index in [1.807, 2.05) is 34.6 Å². The van der Waals surface area contributed by atoms with E-state index in [0.717, 1.165) is 43.4 Å². The van der Waals surface area contributed by atoms with Crippen molar-refractivity contribution in [3.8, 4) is 0 Å². The Bertz CT molecular complexity index is 957. The first-order chi connectivity index (χ1) is 18.1. The van der Waals surface area contributed by atoms with E-state index in [0.29, 0.717) is 11.8 Å². The van der Waals surface area contributed by atoms with Gasteiger partial charge in [0.25, 0.3) is 0 Å². The van der Waals surface area contributed by atoms with Gasteiger partial charge in [0.1, 0.15) is 17.8 Å². The van der Waals surface area contributed by atoms with Crippen LogP contribution in [0, 0.1) is 51.8 Å². The van der Waals surface area contributed by atoms with Crippen molar-refractivity contribution < 1.29 is 28.6 Å². The van der Waals surface area contributed by atoms with E-state index in [9.17, 15) is 14.4 Å². The van der Waals surface area contributed by atoms with Crippen molar-refractivity contribution in [2.45, 2.75) is 137 Å². The monoisotopic (exact) mass is 544 g/mol. The standard InChI is InChI=1S/C19H32O2.C14H20O4/c1-6-17(2,3)16(20)21-18(4,5)19-10-13-7-14(11-19)9-15(8-13)12-19;1-4-14(2,3)13(16)18-10-7-5-8-9(6-7)12(15)17-11(8)10/h13-15H,6-12H2,1-5H3;7-11H,4-6H2,1-3H3. The summed E-state index contributed by atoms with van der Waals surface area (Å²) in [6.07, 6.45) is 11.2. The van der Waals surface area contributed by atoms with E-state index in [2.05, 4.69) is 20.8 Å². The normalized spacial score (nSPS) is 39.7. The number of fused-ring (bicyclic) bond motifs is 1. The number of carbonyl (C=O) groups is 3. The molecule has 39 heavy (non-hydrogen) atoms. The second-order valence-corrected chi connectivity index (χ2v) is 15.8. The maximum Gasteiger partial charge on any atom is 0.312 e. The minimum absolute atomic E-state index is 0.00857. The highest BCUT2D eigenvalue weighted by molar-refractivity contribution is 5.78. The topological polar surface area (TPSA) is 78.9 Å². The fourth-order valence-electron chi connectivity index (χ4n) is 8.96. The molecule has 0 radical (unpaired) electrons. The third-order valence-electron chi connectivity index (χ3n) is 12.2. The molecule has 1 saturated heterocycles. The average Bonchev–Trinajstić information content (AvgIpc) is 3.48. The number of hydrogen-bond acceptors (Lipinski definition) is 6. The zero-order valence-corrected chi connectivity index (χ0v) is 25.6. The van der Waals surface area contributed by atoms with Gasteiger partial charge in [-0.1, -0.05) is 13.8 Å². The molecule has 0 aromatic heterocycles. The lowest BCUT2D eigenvalue weighted by Crippen LogP contribution is -2.58. The van der Waals surface area contributed by atoms with Crippen molar-refractivity contribution >= 4 is 17.9 Å². The first-order valence-electron chi connectivity index (χ1n) is 15.8. The SMILES string of the molecule is CCC(C)(C)C(=O)OC(C)(C)C12CC3CC(CC(C3)C1)C2.CCC(C)(C)C(=O)OC1C2CC3C(=O)OC1C3C2. The Morgan fingerprint density at radius 2 is 1.33 bits per heavy atom. The van der Waals surface area contributed by atoms with E-state index in [4.69, 9.17) is 14.2 Å². The molecule has 1 heterocycles. The van der Waals surface area contributed by atoms with Crippen molar-refractivity contribution in [3.63, 3.8) is 0 Å². The van der Waals surface area contributed by atoms with Gasteiger partial charge in [-0.05, 0) is 124 Å². The average molecular weight is 545 g/mol. The van der Waals surface area contributed by atoms with Gasteiger partial charge < -0.3 is 14.2 Å². The minimum Gasteiger partial charge on any atom is -0.459 e. The summed E-state index contributed by atoms with van der Waals surface area (Å²) < 4.78 is 17.2. The Hall–Kier alpha value is -1.59. The van der Waals surface area contributed by atoms with Gasteiger partial charge in [-0.15, -0.1) is 0 Å². The second kappa shape index (κ2) is 9.76. The maximum atomic E-state index is 12.6. The molecule has 7 rings (SSSR count). The summed E-state index contributed by atoms with van der Waals surface area (Å²) in [6, 6.07) is 0. The molecule has 6 bridgehead atoms. The molecule has 6 nitrogen and oxygen atoms in total. The molecule has 5 unspecified atom stereocenters. The number of carbonyl (C=O) groups excluding carboxylic acids is 3. The lowest BCUT2D eigenvalue weighted by atomic mass is 9.46. The van der Waals surface area contributed by atoms with Crippen LogP contribution >= 0.6 is 0 Å². The van der Waals surface area contributed by atoms with Gasteiger partial charge in [0.15, 0.2) is 0 Å². The third-order valence-corrected chi connectivity index (χ3v) is 12.2. The van der Waals surface area contributed by atoms with Gasteiger partial charge in [0, 0.05) is 17.3 Å². The summed E-state index contributed by atoms with van der Waals surface area (Å²) in [5.74, 6) is 3.14. The van der Waals surface area contributed by atoms with Gasteiger partial charge >= 0.3 is 17.9 Å². The quantitative estimate of drug-likeness (QED) is 0.257. The summed E-state index contributed by atoms with van der Waals surface area (Å²) in [6.45, 7) is 16.2. The van der Waals surface area contributed by atoms with Crippen LogP contribution in [0.3, 0.4) is 0 Å². The van der Waals surface area contributed by atoms with E-state index in [-0.39, 0.29) is 52.5 Å². The Morgan fingerprint density at radius 1 is 0.821 bits per heavy atom. The number of esters is 3. The van der Waals surface area contributed by atoms with Gasteiger partial charge in [-0.2, -0.15) is 0 Å². The van der Waals surface area contributed by atoms with Crippen LogP contribution in [-0.4, -0.2) is 35.7 Å². The van der Waals surface area contributed by atoms with Crippen molar-refractivity contribution in [2.75, 3.05) is 0 Å². The van der Waals surface area contributed by atoms with Gasteiger partial charge in [-0.25, -0.2) is 0 Å². The molecular weight excluding hydrogens is 492 g/mol. The van der Waals surface area contributed by atoms with Crippen molar-refractivity contribution in [1.29, 1.82) is 0 Å². The molecule has 0 aromatic rings. The number of rotatable bonds is 7. The molecule has 0 N–H and O–H groups in total. The van der Waals surface area contributed by atoms with Crippen molar-refractivity contribution in [3.05, 3.63) is 0 Å². The van der Waals surface area contributed by atoms with Gasteiger partial charge in [0.2, 0.25) is 0 Å². The summed E-state index contributed by atoms with van der Waals surface area (Å²) in [5.41, 5.74) is -0.878. The highest BCUT2D eigenvalue weighted by Gasteiger charge is 2.63. The molecular formula is C33H52O6. The predicted octanol–water partition coefficient (Wildman–Crippen LogP) is 6.88. The first-order valence-corrected chi connectivity index (χ1v) is 15.8. The van der Waals surface area contributed by atoms with E-state index < -0.39 is 5.41 Å². The summed E-state index contributed by atoms with van der Waals surface area (Å²) in [7, 11) is 0. The predicted molar refractivity (Wildman–Crippen MR) is 148 cm³/mol. The molecule has 0 amide bonds. The highest BCUT2D eigenvalue weighted by Crippen LogP contribution is 2.64. The summed E-state index contributed by atoms with van der Waals surface area (Å²) in [5, 5.41) is 0. The lowest BCUT2D eigenvalue weighted by Gasteiger charge is -2.61. The Morgan fingerprint density at radius 3 is 1.85 bits per heavy atom. The lowest BCUT2D eigenvalue weighted by molar-refractivity contribution is -0.206. The molecule has 5 atom stereocenters. The molecule has 1 aliphatic heterocycles. The third kappa shape index (κ3) is 4.94. The van der Waals surface area contributed by atoms with E-state index >= 15 is 0 Å². The number of ether oxygens (including phenoxy) is 3. The zero-order chi connectivity index (χ0) is 28.5. The molecule has 6 aliphatic carbocycles. The Balaban J connectivity index is 0.000000160. The van der Waals surface area contributed by atoms with Gasteiger partial charge in [-0.3, -0.25) is 14.4 Å². The largest absolute Gasteiger partial charge is 0.459 e. The van der Waals surface area contributed by atoms with Crippen LogP contribution in [0.1, 0.15) is 120 Å². The molecule has 0 spiro atoms. The van der Waals surface area contributed by atoms with Crippen LogP contribution in [0.15, 0.2) is 0 Å². The van der Waals surface area contributed by atoms with E-state index in [1.165, 1.54) is 38.5 Å². The number of hydrogen-bond donors (Lipinski definition) is 0. The van der Waals surface area contributed by atoms with Crippen molar-refractivity contribution in [2.24, 2.45) is 51.8 Å². The van der Waals surface area contributed by atoms with Crippen LogP contribution in [0.5, 0.6) is 0 Å². The molecule has 220 valence electrons. The highest BCUT2D eigenvalue weighted by atomic mass is 16.6. The van der Waals surface area contributed by atoms with Crippen LogP contribution in [0.25, 0.3) is 0 Å². The van der Waals surface area contributed by atoms with Crippen LogP contribution in [0.4, 0.5) is 0 Å². The Labute approximate surface area is 235 Å². The molecule has 7 fully saturated rings. The van der Waals surface area contributed by atoms with Crippen molar-refractivity contribution in [1.82, 2.24) is 0 Å². The maximum absolute atomic E-state index is 12.6. The zero-order valence-electron chi connectivity index (χ0n) is 25.6. The molecule has 6 saturated carbocycles. The van der Waals surface area contributed by atoms with Crippen LogP contribution in [0.2, 0.25) is 0 Å². The molecule has 6 heteroatoms. The molecule has 7 aliphatic rings. The first kappa shape index (κ1) is 28.9. The summed E-state index contributed by atoms with van der Waals surface area (Å²) >= 11 is 0. The minimum atomic E-state index is -0.455. The second-order valence-electron chi connectivity index (χ2n) is 15.8. The Kier molecular flexibility index (Phi) is 7.23. The fraction of sp³-hybridized carbons (Fsp3) is 0.909.